The SMILES string of the molecule is COC(=O)[C@H](C)NC(=O)/C(=C/N)C(=O)NCc1ccc(Cl)cc1. The fourth-order valence-corrected chi connectivity index (χ4v) is 1.77. The van der Waals surface area contributed by atoms with Gasteiger partial charge in [-0.3, -0.25) is 9.59 Å². The summed E-state index contributed by atoms with van der Waals surface area (Å²) < 4.78 is 4.49. The summed E-state index contributed by atoms with van der Waals surface area (Å²) in [4.78, 5) is 35.2. The summed E-state index contributed by atoms with van der Waals surface area (Å²) in [5.74, 6) is -2.05. The molecule has 1 atom stereocenters. The lowest BCUT2D eigenvalue weighted by Gasteiger charge is -2.13. The lowest BCUT2D eigenvalue weighted by Crippen LogP contribution is -2.43. The zero-order chi connectivity index (χ0) is 17.4. The topological polar surface area (TPSA) is 111 Å². The molecule has 2 amide bonds. The second kappa shape index (κ2) is 8.79. The van der Waals surface area contributed by atoms with Crippen LogP contribution in [0.3, 0.4) is 0 Å². The maximum atomic E-state index is 12.0. The van der Waals surface area contributed by atoms with E-state index in [2.05, 4.69) is 15.4 Å². The first kappa shape index (κ1) is 18.5. The smallest absolute Gasteiger partial charge is 0.328 e. The number of nitrogens with two attached hydrogens (primary N) is 1. The maximum absolute atomic E-state index is 12.0. The minimum atomic E-state index is -0.897. The van der Waals surface area contributed by atoms with E-state index in [0.29, 0.717) is 5.02 Å². The number of amides is 2. The Morgan fingerprint density at radius 2 is 1.87 bits per heavy atom. The van der Waals surface area contributed by atoms with E-state index in [1.165, 1.54) is 14.0 Å². The van der Waals surface area contributed by atoms with Crippen molar-refractivity contribution in [3.05, 3.63) is 46.6 Å². The van der Waals surface area contributed by atoms with Gasteiger partial charge in [0.05, 0.1) is 7.11 Å². The Morgan fingerprint density at radius 1 is 1.26 bits per heavy atom. The van der Waals surface area contributed by atoms with Crippen LogP contribution in [0.4, 0.5) is 0 Å². The van der Waals surface area contributed by atoms with Crippen molar-refractivity contribution in [3.63, 3.8) is 0 Å². The molecule has 0 aliphatic rings. The third-order valence-electron chi connectivity index (χ3n) is 2.92. The summed E-state index contributed by atoms with van der Waals surface area (Å²) in [6.07, 6.45) is 0.885. The zero-order valence-corrected chi connectivity index (χ0v) is 13.5. The molecule has 0 bridgehead atoms. The third-order valence-corrected chi connectivity index (χ3v) is 3.18. The monoisotopic (exact) mass is 339 g/mol. The van der Waals surface area contributed by atoms with Crippen LogP contribution >= 0.6 is 11.6 Å². The Morgan fingerprint density at radius 3 is 2.39 bits per heavy atom. The van der Waals surface area contributed by atoms with Gasteiger partial charge in [0.25, 0.3) is 11.8 Å². The number of carbonyl (C=O) groups is 3. The van der Waals surface area contributed by atoms with Gasteiger partial charge in [0, 0.05) is 17.8 Å². The Labute approximate surface area is 138 Å². The molecule has 124 valence electrons. The molecule has 0 aliphatic heterocycles. The van der Waals surface area contributed by atoms with Crippen molar-refractivity contribution in [1.29, 1.82) is 0 Å². The quantitative estimate of drug-likeness (QED) is 0.302. The number of carbonyl (C=O) groups excluding carboxylic acids is 3. The molecule has 0 unspecified atom stereocenters. The van der Waals surface area contributed by atoms with Crippen LogP contribution in [0.25, 0.3) is 0 Å². The van der Waals surface area contributed by atoms with Crippen LogP contribution in [0.1, 0.15) is 12.5 Å². The molecule has 23 heavy (non-hydrogen) atoms. The highest BCUT2D eigenvalue weighted by atomic mass is 35.5. The van der Waals surface area contributed by atoms with E-state index in [1.54, 1.807) is 24.3 Å². The highest BCUT2D eigenvalue weighted by Crippen LogP contribution is 2.09. The summed E-state index contributed by atoms with van der Waals surface area (Å²) in [6.45, 7) is 1.64. The van der Waals surface area contributed by atoms with Gasteiger partial charge in [-0.25, -0.2) is 4.79 Å². The van der Waals surface area contributed by atoms with Gasteiger partial charge in [-0.2, -0.15) is 0 Å². The molecule has 0 saturated heterocycles. The van der Waals surface area contributed by atoms with Gasteiger partial charge in [0.2, 0.25) is 0 Å². The zero-order valence-electron chi connectivity index (χ0n) is 12.8. The second-order valence-electron chi connectivity index (χ2n) is 4.61. The standard InChI is InChI=1S/C15H18ClN3O4/c1-9(15(22)23-2)19-14(21)12(7-17)13(20)18-8-10-3-5-11(16)6-4-10/h3-7,9H,8,17H2,1-2H3,(H,18,20)(H,19,21)/b12-7+/t9-/m0/s1. The molecule has 0 fully saturated rings. The average Bonchev–Trinajstić information content (AvgIpc) is 2.54. The van der Waals surface area contributed by atoms with Crippen molar-refractivity contribution in [2.75, 3.05) is 7.11 Å². The lowest BCUT2D eigenvalue weighted by molar-refractivity contribution is -0.144. The van der Waals surface area contributed by atoms with Gasteiger partial charge in [0.1, 0.15) is 11.6 Å². The lowest BCUT2D eigenvalue weighted by atomic mass is 10.2. The number of methoxy groups -OCH3 is 1. The van der Waals surface area contributed by atoms with Crippen LogP contribution in [0.2, 0.25) is 5.02 Å². The van der Waals surface area contributed by atoms with E-state index in [-0.39, 0.29) is 12.1 Å². The van der Waals surface area contributed by atoms with E-state index in [1.807, 2.05) is 0 Å². The van der Waals surface area contributed by atoms with Gasteiger partial charge >= 0.3 is 5.97 Å². The van der Waals surface area contributed by atoms with Crippen LogP contribution in [-0.2, 0) is 25.7 Å². The Bertz CT molecular complexity index is 614. The molecule has 8 heteroatoms. The minimum Gasteiger partial charge on any atom is -0.467 e. The minimum absolute atomic E-state index is 0.202. The third kappa shape index (κ3) is 5.63. The largest absolute Gasteiger partial charge is 0.467 e. The number of nitrogens with one attached hydrogen (secondary N) is 2. The van der Waals surface area contributed by atoms with Crippen LogP contribution in [0.5, 0.6) is 0 Å². The number of ether oxygens (including phenoxy) is 1. The summed E-state index contributed by atoms with van der Waals surface area (Å²) >= 11 is 5.77. The molecule has 7 nitrogen and oxygen atoms in total. The average molecular weight is 340 g/mol. The van der Waals surface area contributed by atoms with Gasteiger partial charge in [0.15, 0.2) is 0 Å². The maximum Gasteiger partial charge on any atom is 0.328 e. The van der Waals surface area contributed by atoms with Crippen LogP contribution in [-0.4, -0.2) is 30.9 Å². The molecule has 4 N–H and O–H groups in total. The van der Waals surface area contributed by atoms with Crippen molar-refractivity contribution >= 4 is 29.4 Å². The fourth-order valence-electron chi connectivity index (χ4n) is 1.64. The number of benzene rings is 1. The molecule has 0 aliphatic carbocycles. The summed E-state index contributed by atoms with van der Waals surface area (Å²) in [6, 6.07) is 5.97. The number of esters is 1. The highest BCUT2D eigenvalue weighted by Gasteiger charge is 2.22. The summed E-state index contributed by atoms with van der Waals surface area (Å²) in [5, 5.41) is 5.47. The molecule has 0 radical (unpaired) electrons. The predicted molar refractivity (Wildman–Crippen MR) is 85.2 cm³/mol. The Hall–Kier alpha value is -2.54. The van der Waals surface area contributed by atoms with Crippen LogP contribution < -0.4 is 16.4 Å². The van der Waals surface area contributed by atoms with Crippen molar-refractivity contribution in [2.45, 2.75) is 19.5 Å². The molecule has 1 aromatic carbocycles. The van der Waals surface area contributed by atoms with Gasteiger partial charge in [-0.05, 0) is 24.6 Å². The highest BCUT2D eigenvalue weighted by molar-refractivity contribution is 6.30. The molecule has 0 aromatic heterocycles. The second-order valence-corrected chi connectivity index (χ2v) is 5.04. The predicted octanol–water partition coefficient (Wildman–Crippen LogP) is 0.477. The van der Waals surface area contributed by atoms with E-state index in [9.17, 15) is 14.4 Å². The number of hydrogen-bond donors (Lipinski definition) is 3. The molecule has 1 rings (SSSR count). The normalized spacial score (nSPS) is 12.2. The van der Waals surface area contributed by atoms with Gasteiger partial charge in [-0.1, -0.05) is 23.7 Å². The first-order valence-corrected chi connectivity index (χ1v) is 7.10. The Balaban J connectivity index is 2.62. The van der Waals surface area contributed by atoms with Crippen molar-refractivity contribution in [2.24, 2.45) is 5.73 Å². The Kier molecular flexibility index (Phi) is 7.08. The van der Waals surface area contributed by atoms with Crippen LogP contribution in [0.15, 0.2) is 36.0 Å². The van der Waals surface area contributed by atoms with Gasteiger partial charge in [-0.15, -0.1) is 0 Å². The number of hydrogen-bond acceptors (Lipinski definition) is 5. The molecular weight excluding hydrogens is 322 g/mol. The fraction of sp³-hybridized carbons (Fsp3) is 0.267. The summed E-state index contributed by atoms with van der Waals surface area (Å²) in [7, 11) is 1.20. The summed E-state index contributed by atoms with van der Waals surface area (Å²) in [5.41, 5.74) is 5.84. The van der Waals surface area contributed by atoms with Crippen LogP contribution in [0, 0.1) is 0 Å². The number of rotatable bonds is 6. The van der Waals surface area contributed by atoms with Gasteiger partial charge < -0.3 is 21.1 Å². The van der Waals surface area contributed by atoms with E-state index < -0.39 is 23.8 Å². The molecular formula is C15H18ClN3O4. The first-order chi connectivity index (χ1) is 10.9. The molecule has 0 heterocycles. The molecule has 0 saturated carbocycles. The van der Waals surface area contributed by atoms with E-state index >= 15 is 0 Å². The molecule has 1 aromatic rings. The number of halogens is 1. The van der Waals surface area contributed by atoms with E-state index in [0.717, 1.165) is 11.8 Å². The van der Waals surface area contributed by atoms with Crippen molar-refractivity contribution in [3.8, 4) is 0 Å². The molecule has 0 spiro atoms. The van der Waals surface area contributed by atoms with Crippen molar-refractivity contribution in [1.82, 2.24) is 10.6 Å². The van der Waals surface area contributed by atoms with E-state index in [4.69, 9.17) is 17.3 Å². The van der Waals surface area contributed by atoms with Crippen molar-refractivity contribution < 1.29 is 19.1 Å². The first-order valence-electron chi connectivity index (χ1n) is 6.72.